The molecule has 1 aliphatic heterocycles. The number of anilines is 1. The smallest absolute Gasteiger partial charge is 0.338 e. The second-order valence-corrected chi connectivity index (χ2v) is 5.45. The molecule has 1 saturated heterocycles. The van der Waals surface area contributed by atoms with Crippen molar-refractivity contribution in [2.45, 2.75) is 32.9 Å². The molecule has 0 radical (unpaired) electrons. The Hall–Kier alpha value is -1.92. The number of methoxy groups -OCH3 is 1. The predicted octanol–water partition coefficient (Wildman–Crippen LogP) is 1.41. The first-order valence-electron chi connectivity index (χ1n) is 7.29. The monoisotopic (exact) mass is 306 g/mol. The lowest BCUT2D eigenvalue weighted by Crippen LogP contribution is -2.53. The van der Waals surface area contributed by atoms with Gasteiger partial charge in [0, 0.05) is 12.2 Å². The Labute approximate surface area is 130 Å². The maximum atomic E-state index is 12.4. The average molecular weight is 306 g/mol. The highest BCUT2D eigenvalue weighted by Gasteiger charge is 2.28. The van der Waals surface area contributed by atoms with Crippen LogP contribution in [0, 0.1) is 13.8 Å². The number of carbonyl (C=O) groups is 2. The zero-order chi connectivity index (χ0) is 16.3. The van der Waals surface area contributed by atoms with Crippen molar-refractivity contribution in [1.82, 2.24) is 5.32 Å². The SMILES string of the molecule is COC(=O)c1cc(NC(=O)[C@H]2NCCO[C@@H]2C)cc(C)c1C. The van der Waals surface area contributed by atoms with Gasteiger partial charge in [0.1, 0.15) is 6.04 Å². The van der Waals surface area contributed by atoms with E-state index in [1.165, 1.54) is 7.11 Å². The van der Waals surface area contributed by atoms with Crippen LogP contribution in [0.15, 0.2) is 12.1 Å². The number of amides is 1. The van der Waals surface area contributed by atoms with Crippen LogP contribution in [0.4, 0.5) is 5.69 Å². The molecule has 120 valence electrons. The number of rotatable bonds is 3. The van der Waals surface area contributed by atoms with Gasteiger partial charge in [0.05, 0.1) is 25.4 Å². The Morgan fingerprint density at radius 2 is 2.09 bits per heavy atom. The van der Waals surface area contributed by atoms with E-state index in [1.807, 2.05) is 26.8 Å². The van der Waals surface area contributed by atoms with Crippen LogP contribution < -0.4 is 10.6 Å². The van der Waals surface area contributed by atoms with Gasteiger partial charge in [-0.15, -0.1) is 0 Å². The highest BCUT2D eigenvalue weighted by atomic mass is 16.5. The molecule has 22 heavy (non-hydrogen) atoms. The van der Waals surface area contributed by atoms with E-state index in [4.69, 9.17) is 9.47 Å². The summed E-state index contributed by atoms with van der Waals surface area (Å²) >= 11 is 0. The van der Waals surface area contributed by atoms with Gasteiger partial charge in [-0.2, -0.15) is 0 Å². The van der Waals surface area contributed by atoms with Crippen molar-refractivity contribution in [3.05, 3.63) is 28.8 Å². The molecule has 1 aliphatic rings. The molecule has 0 spiro atoms. The van der Waals surface area contributed by atoms with Gasteiger partial charge >= 0.3 is 5.97 Å². The maximum absolute atomic E-state index is 12.4. The number of morpholine rings is 1. The third-order valence-corrected chi connectivity index (χ3v) is 3.94. The molecule has 6 heteroatoms. The number of benzene rings is 1. The number of nitrogens with one attached hydrogen (secondary N) is 2. The van der Waals surface area contributed by atoms with Crippen molar-refractivity contribution in [2.24, 2.45) is 0 Å². The summed E-state index contributed by atoms with van der Waals surface area (Å²) in [6.07, 6.45) is -0.194. The van der Waals surface area contributed by atoms with Gasteiger partial charge in [-0.3, -0.25) is 4.79 Å². The Morgan fingerprint density at radius 3 is 2.73 bits per heavy atom. The molecule has 0 unspecified atom stereocenters. The van der Waals surface area contributed by atoms with E-state index in [0.29, 0.717) is 24.4 Å². The third kappa shape index (κ3) is 3.45. The van der Waals surface area contributed by atoms with Crippen LogP contribution in [0.5, 0.6) is 0 Å². The van der Waals surface area contributed by atoms with Crippen LogP contribution >= 0.6 is 0 Å². The Kier molecular flexibility index (Phi) is 5.15. The molecule has 1 fully saturated rings. The number of aryl methyl sites for hydroxylation is 1. The Bertz CT molecular complexity index is 586. The van der Waals surface area contributed by atoms with E-state index in [-0.39, 0.29) is 12.0 Å². The molecule has 2 N–H and O–H groups in total. The molecule has 1 aromatic carbocycles. The standard InChI is InChI=1S/C16H22N2O4/c1-9-7-12(8-13(10(9)2)16(20)21-4)18-15(19)14-11(3)22-6-5-17-14/h7-8,11,14,17H,5-6H2,1-4H3,(H,18,19)/t11-,14+/m1/s1. The average Bonchev–Trinajstić information content (AvgIpc) is 2.50. The van der Waals surface area contributed by atoms with Crippen LogP contribution in [0.2, 0.25) is 0 Å². The van der Waals surface area contributed by atoms with Crippen LogP contribution in [0.1, 0.15) is 28.4 Å². The minimum Gasteiger partial charge on any atom is -0.465 e. The van der Waals surface area contributed by atoms with Gasteiger partial charge in [-0.1, -0.05) is 0 Å². The highest BCUT2D eigenvalue weighted by Crippen LogP contribution is 2.21. The third-order valence-electron chi connectivity index (χ3n) is 3.94. The fourth-order valence-electron chi connectivity index (χ4n) is 2.50. The van der Waals surface area contributed by atoms with Gasteiger partial charge in [0.15, 0.2) is 0 Å². The molecule has 0 saturated carbocycles. The van der Waals surface area contributed by atoms with Crippen molar-refractivity contribution in [3.8, 4) is 0 Å². The van der Waals surface area contributed by atoms with Crippen molar-refractivity contribution in [2.75, 3.05) is 25.6 Å². The summed E-state index contributed by atoms with van der Waals surface area (Å²) in [6.45, 7) is 6.84. The minimum atomic E-state index is -0.413. The molecule has 0 aliphatic carbocycles. The molecular formula is C16H22N2O4. The van der Waals surface area contributed by atoms with E-state index in [2.05, 4.69) is 10.6 Å². The van der Waals surface area contributed by atoms with Gasteiger partial charge in [-0.25, -0.2) is 4.79 Å². The van der Waals surface area contributed by atoms with E-state index in [9.17, 15) is 9.59 Å². The van der Waals surface area contributed by atoms with E-state index in [1.54, 1.807) is 6.07 Å². The lowest BCUT2D eigenvalue weighted by molar-refractivity contribution is -0.123. The zero-order valence-corrected chi connectivity index (χ0v) is 13.4. The molecule has 1 heterocycles. The molecule has 2 rings (SSSR count). The minimum absolute atomic E-state index is 0.175. The lowest BCUT2D eigenvalue weighted by atomic mass is 10.0. The first-order chi connectivity index (χ1) is 10.4. The Morgan fingerprint density at radius 1 is 1.36 bits per heavy atom. The molecule has 0 aromatic heterocycles. The second-order valence-electron chi connectivity index (χ2n) is 5.45. The quantitative estimate of drug-likeness (QED) is 0.826. The van der Waals surface area contributed by atoms with E-state index < -0.39 is 12.0 Å². The summed E-state index contributed by atoms with van der Waals surface area (Å²) in [5.74, 6) is -0.588. The van der Waals surface area contributed by atoms with Crippen LogP contribution in [-0.2, 0) is 14.3 Å². The normalized spacial score (nSPS) is 21.3. The number of ether oxygens (including phenoxy) is 2. The highest BCUT2D eigenvalue weighted by molar-refractivity contribution is 5.98. The summed E-state index contributed by atoms with van der Waals surface area (Å²) in [5.41, 5.74) is 2.79. The van der Waals surface area contributed by atoms with Crippen molar-refractivity contribution >= 4 is 17.6 Å². The first kappa shape index (κ1) is 16.5. The molecule has 6 nitrogen and oxygen atoms in total. The lowest BCUT2D eigenvalue weighted by Gasteiger charge is -2.29. The van der Waals surface area contributed by atoms with Crippen molar-refractivity contribution in [3.63, 3.8) is 0 Å². The summed E-state index contributed by atoms with van der Waals surface area (Å²) in [5, 5.41) is 5.98. The molecule has 2 atom stereocenters. The van der Waals surface area contributed by atoms with Crippen LogP contribution in [-0.4, -0.2) is 44.3 Å². The molecular weight excluding hydrogens is 284 g/mol. The topological polar surface area (TPSA) is 76.7 Å². The second kappa shape index (κ2) is 6.89. The van der Waals surface area contributed by atoms with Gasteiger partial charge in [0.2, 0.25) is 5.91 Å². The van der Waals surface area contributed by atoms with Crippen LogP contribution in [0.25, 0.3) is 0 Å². The first-order valence-corrected chi connectivity index (χ1v) is 7.29. The summed E-state index contributed by atoms with van der Waals surface area (Å²) in [7, 11) is 1.34. The van der Waals surface area contributed by atoms with Crippen molar-refractivity contribution < 1.29 is 19.1 Å². The predicted molar refractivity (Wildman–Crippen MR) is 83.1 cm³/mol. The fourth-order valence-corrected chi connectivity index (χ4v) is 2.50. The summed E-state index contributed by atoms with van der Waals surface area (Å²) < 4.78 is 10.3. The molecule has 1 amide bonds. The van der Waals surface area contributed by atoms with Crippen molar-refractivity contribution in [1.29, 1.82) is 0 Å². The summed E-state index contributed by atoms with van der Waals surface area (Å²) in [4.78, 5) is 24.2. The van der Waals surface area contributed by atoms with Crippen LogP contribution in [0.3, 0.4) is 0 Å². The maximum Gasteiger partial charge on any atom is 0.338 e. The number of hydrogen-bond acceptors (Lipinski definition) is 5. The van der Waals surface area contributed by atoms with E-state index in [0.717, 1.165) is 11.1 Å². The summed E-state index contributed by atoms with van der Waals surface area (Å²) in [6, 6.07) is 3.07. The Balaban J connectivity index is 2.20. The van der Waals surface area contributed by atoms with E-state index >= 15 is 0 Å². The molecule has 0 bridgehead atoms. The largest absolute Gasteiger partial charge is 0.465 e. The number of hydrogen-bond donors (Lipinski definition) is 2. The fraction of sp³-hybridized carbons (Fsp3) is 0.500. The number of esters is 1. The van der Waals surface area contributed by atoms with Gasteiger partial charge in [-0.05, 0) is 44.0 Å². The molecule has 1 aromatic rings. The number of carbonyl (C=O) groups excluding carboxylic acids is 2. The van der Waals surface area contributed by atoms with Gasteiger partial charge < -0.3 is 20.1 Å². The van der Waals surface area contributed by atoms with Gasteiger partial charge in [0.25, 0.3) is 0 Å². The zero-order valence-electron chi connectivity index (χ0n) is 13.4.